The highest BCUT2D eigenvalue weighted by Gasteiger charge is 2.12. The molecule has 0 N–H and O–H groups in total. The molecule has 0 heterocycles. The minimum atomic E-state index is 0.0508. The lowest BCUT2D eigenvalue weighted by molar-refractivity contribution is 0.103. The molecule has 0 bridgehead atoms. The predicted octanol–water partition coefficient (Wildman–Crippen LogP) is 3.79. The fraction of sp³-hybridized carbons (Fsp3) is 0.471. The highest BCUT2D eigenvalue weighted by Crippen LogP contribution is 2.25. The van der Waals surface area contributed by atoms with Gasteiger partial charge in [0.15, 0.2) is 5.78 Å². The van der Waals surface area contributed by atoms with Crippen molar-refractivity contribution in [3.05, 3.63) is 41.5 Å². The summed E-state index contributed by atoms with van der Waals surface area (Å²) < 4.78 is 10.6. The van der Waals surface area contributed by atoms with Crippen LogP contribution in [0.25, 0.3) is 0 Å². The SMILES string of the molecule is COCCOc1ccccc1C(=O)C=C1CCCCC1. The molecule has 1 aliphatic rings. The van der Waals surface area contributed by atoms with Crippen LogP contribution in [0.2, 0.25) is 0 Å². The molecule has 0 unspecified atom stereocenters. The fourth-order valence-corrected chi connectivity index (χ4v) is 2.44. The highest BCUT2D eigenvalue weighted by molar-refractivity contribution is 6.06. The first-order chi connectivity index (χ1) is 9.81. The van der Waals surface area contributed by atoms with Gasteiger partial charge in [0.1, 0.15) is 12.4 Å². The third-order valence-corrected chi connectivity index (χ3v) is 3.53. The maximum absolute atomic E-state index is 12.4. The summed E-state index contributed by atoms with van der Waals surface area (Å²) >= 11 is 0. The van der Waals surface area contributed by atoms with Gasteiger partial charge in [0.25, 0.3) is 0 Å². The Morgan fingerprint density at radius 2 is 1.90 bits per heavy atom. The number of methoxy groups -OCH3 is 1. The van der Waals surface area contributed by atoms with Crippen LogP contribution in [0.4, 0.5) is 0 Å². The Kier molecular flexibility index (Phi) is 5.81. The third-order valence-electron chi connectivity index (χ3n) is 3.53. The lowest BCUT2D eigenvalue weighted by atomic mass is 9.93. The van der Waals surface area contributed by atoms with Crippen molar-refractivity contribution in [2.45, 2.75) is 32.1 Å². The van der Waals surface area contributed by atoms with Crippen LogP contribution in [-0.4, -0.2) is 26.1 Å². The van der Waals surface area contributed by atoms with E-state index >= 15 is 0 Å². The van der Waals surface area contributed by atoms with Gasteiger partial charge < -0.3 is 9.47 Å². The van der Waals surface area contributed by atoms with Crippen molar-refractivity contribution < 1.29 is 14.3 Å². The Bertz CT molecular complexity index is 469. The van der Waals surface area contributed by atoms with Crippen LogP contribution in [0.3, 0.4) is 0 Å². The second kappa shape index (κ2) is 7.85. The van der Waals surface area contributed by atoms with Crippen LogP contribution in [0.5, 0.6) is 5.75 Å². The molecule has 1 aromatic rings. The molecule has 1 fully saturated rings. The first-order valence-electron chi connectivity index (χ1n) is 7.26. The van der Waals surface area contributed by atoms with E-state index < -0.39 is 0 Å². The van der Waals surface area contributed by atoms with E-state index in [0.717, 1.165) is 12.8 Å². The van der Waals surface area contributed by atoms with Gasteiger partial charge in [-0.2, -0.15) is 0 Å². The Morgan fingerprint density at radius 3 is 2.65 bits per heavy atom. The molecule has 3 heteroatoms. The van der Waals surface area contributed by atoms with E-state index in [9.17, 15) is 4.79 Å². The molecule has 2 rings (SSSR count). The van der Waals surface area contributed by atoms with Gasteiger partial charge in [-0.1, -0.05) is 24.1 Å². The van der Waals surface area contributed by atoms with Crippen molar-refractivity contribution in [2.75, 3.05) is 20.3 Å². The lowest BCUT2D eigenvalue weighted by Gasteiger charge is -2.14. The number of benzene rings is 1. The van der Waals surface area contributed by atoms with Gasteiger partial charge in [-0.25, -0.2) is 0 Å². The summed E-state index contributed by atoms with van der Waals surface area (Å²) in [4.78, 5) is 12.4. The highest BCUT2D eigenvalue weighted by atomic mass is 16.5. The van der Waals surface area contributed by atoms with Gasteiger partial charge in [0, 0.05) is 7.11 Å². The molecule has 1 aromatic carbocycles. The zero-order valence-electron chi connectivity index (χ0n) is 12.1. The van der Waals surface area contributed by atoms with Crippen LogP contribution < -0.4 is 4.74 Å². The van der Waals surface area contributed by atoms with E-state index in [2.05, 4.69) is 0 Å². The van der Waals surface area contributed by atoms with E-state index in [0.29, 0.717) is 24.5 Å². The van der Waals surface area contributed by atoms with E-state index in [1.165, 1.54) is 24.8 Å². The Hall–Kier alpha value is -1.61. The van der Waals surface area contributed by atoms with E-state index in [-0.39, 0.29) is 5.78 Å². The first kappa shape index (κ1) is 14.8. The van der Waals surface area contributed by atoms with Gasteiger partial charge in [-0.15, -0.1) is 0 Å². The first-order valence-corrected chi connectivity index (χ1v) is 7.26. The summed E-state index contributed by atoms with van der Waals surface area (Å²) in [5.41, 5.74) is 1.91. The van der Waals surface area contributed by atoms with Crippen molar-refractivity contribution in [1.29, 1.82) is 0 Å². The second-order valence-corrected chi connectivity index (χ2v) is 5.06. The molecule has 0 amide bonds. The summed E-state index contributed by atoms with van der Waals surface area (Å²) in [6.07, 6.45) is 7.59. The number of ether oxygens (including phenoxy) is 2. The molecule has 0 spiro atoms. The number of hydrogen-bond acceptors (Lipinski definition) is 3. The number of allylic oxidation sites excluding steroid dienone is 2. The molecule has 1 aliphatic carbocycles. The molecule has 3 nitrogen and oxygen atoms in total. The number of ketones is 1. The number of para-hydroxylation sites is 1. The van der Waals surface area contributed by atoms with Crippen molar-refractivity contribution in [2.24, 2.45) is 0 Å². The smallest absolute Gasteiger partial charge is 0.189 e. The van der Waals surface area contributed by atoms with Gasteiger partial charge in [0.05, 0.1) is 12.2 Å². The number of carbonyl (C=O) groups is 1. The molecule has 0 radical (unpaired) electrons. The normalized spacial score (nSPS) is 14.9. The summed E-state index contributed by atoms with van der Waals surface area (Å²) in [5, 5.41) is 0. The van der Waals surface area contributed by atoms with E-state index in [4.69, 9.17) is 9.47 Å². The predicted molar refractivity (Wildman–Crippen MR) is 79.3 cm³/mol. The zero-order valence-corrected chi connectivity index (χ0v) is 12.1. The van der Waals surface area contributed by atoms with Crippen LogP contribution in [0.1, 0.15) is 42.5 Å². The minimum absolute atomic E-state index is 0.0508. The lowest BCUT2D eigenvalue weighted by Crippen LogP contribution is -2.08. The number of hydrogen-bond donors (Lipinski definition) is 0. The van der Waals surface area contributed by atoms with Crippen LogP contribution in [-0.2, 0) is 4.74 Å². The maximum Gasteiger partial charge on any atom is 0.189 e. The topological polar surface area (TPSA) is 35.5 Å². The molecule has 1 saturated carbocycles. The van der Waals surface area contributed by atoms with Gasteiger partial charge in [-0.05, 0) is 43.9 Å². The average molecular weight is 274 g/mol. The summed E-state index contributed by atoms with van der Waals surface area (Å²) in [6, 6.07) is 7.41. The van der Waals surface area contributed by atoms with Crippen molar-refractivity contribution in [1.82, 2.24) is 0 Å². The van der Waals surface area contributed by atoms with Crippen LogP contribution in [0, 0.1) is 0 Å². The maximum atomic E-state index is 12.4. The van der Waals surface area contributed by atoms with Crippen molar-refractivity contribution in [3.63, 3.8) is 0 Å². The molecule has 0 atom stereocenters. The van der Waals surface area contributed by atoms with Crippen LogP contribution in [0.15, 0.2) is 35.9 Å². The quantitative estimate of drug-likeness (QED) is 0.450. The summed E-state index contributed by atoms with van der Waals surface area (Å²) in [5.74, 6) is 0.692. The molecular formula is C17H22O3. The molecule has 0 aliphatic heterocycles. The van der Waals surface area contributed by atoms with Crippen molar-refractivity contribution >= 4 is 5.78 Å². The molecule has 20 heavy (non-hydrogen) atoms. The van der Waals surface area contributed by atoms with Crippen molar-refractivity contribution in [3.8, 4) is 5.75 Å². The third kappa shape index (κ3) is 4.20. The Labute approximate surface area is 120 Å². The molecule has 0 aromatic heterocycles. The average Bonchev–Trinajstić information content (AvgIpc) is 2.49. The van der Waals surface area contributed by atoms with E-state index in [1.54, 1.807) is 13.2 Å². The van der Waals surface area contributed by atoms with Crippen LogP contribution >= 0.6 is 0 Å². The minimum Gasteiger partial charge on any atom is -0.490 e. The Morgan fingerprint density at radius 1 is 1.15 bits per heavy atom. The second-order valence-electron chi connectivity index (χ2n) is 5.06. The summed E-state index contributed by atoms with van der Waals surface area (Å²) in [7, 11) is 1.63. The largest absolute Gasteiger partial charge is 0.490 e. The van der Waals surface area contributed by atoms with Gasteiger partial charge in [0.2, 0.25) is 0 Å². The van der Waals surface area contributed by atoms with Gasteiger partial charge in [-0.3, -0.25) is 4.79 Å². The monoisotopic (exact) mass is 274 g/mol. The number of carbonyl (C=O) groups excluding carboxylic acids is 1. The fourth-order valence-electron chi connectivity index (χ4n) is 2.44. The Balaban J connectivity index is 2.08. The zero-order chi connectivity index (χ0) is 14.2. The molecular weight excluding hydrogens is 252 g/mol. The standard InChI is InChI=1S/C17H22O3/c1-19-11-12-20-17-10-6-5-9-15(17)16(18)13-14-7-3-2-4-8-14/h5-6,9-10,13H,2-4,7-8,11-12H2,1H3. The molecule has 0 saturated heterocycles. The number of rotatable bonds is 6. The van der Waals surface area contributed by atoms with E-state index in [1.807, 2.05) is 24.3 Å². The molecule has 108 valence electrons. The van der Waals surface area contributed by atoms with Gasteiger partial charge >= 0.3 is 0 Å². The summed E-state index contributed by atoms with van der Waals surface area (Å²) in [6.45, 7) is 0.973.